The van der Waals surface area contributed by atoms with E-state index in [-0.39, 0.29) is 14.8 Å². The number of nitrogens with one attached hydrogen (secondary N) is 1. The van der Waals surface area contributed by atoms with E-state index < -0.39 is 0 Å². The van der Waals surface area contributed by atoms with Crippen LogP contribution in [0.4, 0.5) is 0 Å². The summed E-state index contributed by atoms with van der Waals surface area (Å²) in [4.78, 5) is 10.4. The second-order valence-corrected chi connectivity index (χ2v) is 1.45. The molecule has 0 aliphatic heterocycles. The van der Waals surface area contributed by atoms with Crippen molar-refractivity contribution in [3.63, 3.8) is 0 Å². The van der Waals surface area contributed by atoms with Crippen molar-refractivity contribution in [2.75, 3.05) is 6.54 Å². The van der Waals surface area contributed by atoms with Gasteiger partial charge >= 0.3 is 0 Å². The van der Waals surface area contributed by atoms with Gasteiger partial charge in [0.25, 0.3) is 0 Å². The lowest BCUT2D eigenvalue weighted by Gasteiger charge is -1.94. The van der Waals surface area contributed by atoms with E-state index in [0.29, 0.717) is 13.0 Å². The monoisotopic (exact) mass is 131 g/mol. The Bertz CT molecular complexity index is 93.6. The lowest BCUT2D eigenvalue weighted by Crippen LogP contribution is -2.21. The molecule has 0 aromatic carbocycles. The quantitative estimate of drug-likeness (QED) is 0.579. The maximum atomic E-state index is 10.4. The maximum Gasteiger partial charge on any atom is 0.219 e. The van der Waals surface area contributed by atoms with Crippen LogP contribution in [0, 0.1) is 0 Å². The molecule has 0 aromatic rings. The Balaban J connectivity index is -0.000000245. The fourth-order valence-electron chi connectivity index (χ4n) is 0.311. The van der Waals surface area contributed by atoms with E-state index in [4.69, 9.17) is 0 Å². The minimum Gasteiger partial charge on any atom is -0.353 e. The molecule has 0 heterocycles. The summed E-state index contributed by atoms with van der Waals surface area (Å²) in [6.45, 7) is 5.85. The Morgan fingerprint density at radius 3 is 2.78 bits per heavy atom. The second-order valence-electron chi connectivity index (χ2n) is 1.45. The normalized spacial score (nSPS) is 7.22. The van der Waals surface area contributed by atoms with Gasteiger partial charge in [-0.25, -0.2) is 0 Å². The standard InChI is InChI=1S/C6H11NO.CH4.H2/c1-3-5-7-6(8)4-2;;/h3H,1,4-5H2,2H3,(H,7,8);1H4;1H. The highest BCUT2D eigenvalue weighted by Gasteiger charge is 1.89. The number of hydrogen-bond donors (Lipinski definition) is 1. The van der Waals surface area contributed by atoms with Crippen LogP contribution < -0.4 is 5.32 Å². The predicted molar refractivity (Wildman–Crippen MR) is 42.3 cm³/mol. The van der Waals surface area contributed by atoms with E-state index in [2.05, 4.69) is 11.9 Å². The van der Waals surface area contributed by atoms with Gasteiger partial charge in [0.05, 0.1) is 0 Å². The number of hydrogen-bond acceptors (Lipinski definition) is 1. The van der Waals surface area contributed by atoms with E-state index >= 15 is 0 Å². The first kappa shape index (κ1) is 11.1. The van der Waals surface area contributed by atoms with Gasteiger partial charge in [-0.1, -0.05) is 20.4 Å². The molecule has 1 amide bonds. The minimum absolute atomic E-state index is 0. The smallest absolute Gasteiger partial charge is 0.219 e. The van der Waals surface area contributed by atoms with Crippen molar-refractivity contribution in [2.45, 2.75) is 20.8 Å². The van der Waals surface area contributed by atoms with Crippen LogP contribution in [-0.2, 0) is 4.79 Å². The molecule has 0 aliphatic rings. The first-order valence-corrected chi connectivity index (χ1v) is 2.68. The first-order chi connectivity index (χ1) is 3.81. The first-order valence-electron chi connectivity index (χ1n) is 2.68. The molecule has 1 N–H and O–H groups in total. The Hall–Kier alpha value is -0.790. The Labute approximate surface area is 58.4 Å². The highest BCUT2D eigenvalue weighted by Crippen LogP contribution is 1.72. The highest BCUT2D eigenvalue weighted by atomic mass is 16.1. The molecular formula is C7H17NO. The lowest BCUT2D eigenvalue weighted by molar-refractivity contribution is -0.120. The average molecular weight is 131 g/mol. The summed E-state index contributed by atoms with van der Waals surface area (Å²) in [6, 6.07) is 0. The van der Waals surface area contributed by atoms with Crippen molar-refractivity contribution in [3.05, 3.63) is 12.7 Å². The Kier molecular flexibility index (Phi) is 8.87. The van der Waals surface area contributed by atoms with Crippen molar-refractivity contribution in [1.82, 2.24) is 5.32 Å². The van der Waals surface area contributed by atoms with Crippen LogP contribution in [-0.4, -0.2) is 12.5 Å². The number of amides is 1. The SMILES string of the molecule is C.C=CCNC(=O)CC.[HH]. The molecule has 0 radical (unpaired) electrons. The topological polar surface area (TPSA) is 29.1 Å². The van der Waals surface area contributed by atoms with Crippen LogP contribution >= 0.6 is 0 Å². The van der Waals surface area contributed by atoms with Gasteiger partial charge < -0.3 is 5.32 Å². The van der Waals surface area contributed by atoms with E-state index in [0.717, 1.165) is 0 Å². The van der Waals surface area contributed by atoms with E-state index in [1.54, 1.807) is 6.08 Å². The van der Waals surface area contributed by atoms with Gasteiger partial charge in [0.1, 0.15) is 0 Å². The molecule has 2 heteroatoms. The minimum atomic E-state index is 0. The zero-order valence-electron chi connectivity index (χ0n) is 5.11. The second kappa shape index (κ2) is 7.21. The van der Waals surface area contributed by atoms with Gasteiger partial charge in [-0.05, 0) is 0 Å². The van der Waals surface area contributed by atoms with Crippen LogP contribution in [0.15, 0.2) is 12.7 Å². The van der Waals surface area contributed by atoms with Gasteiger partial charge in [0.2, 0.25) is 5.91 Å². The fourth-order valence-corrected chi connectivity index (χ4v) is 0.311. The van der Waals surface area contributed by atoms with Gasteiger partial charge in [0.15, 0.2) is 0 Å². The van der Waals surface area contributed by atoms with Crippen LogP contribution in [0.25, 0.3) is 0 Å². The summed E-state index contributed by atoms with van der Waals surface area (Å²) < 4.78 is 0. The van der Waals surface area contributed by atoms with Crippen LogP contribution in [0.2, 0.25) is 0 Å². The zero-order chi connectivity index (χ0) is 6.41. The van der Waals surface area contributed by atoms with Crippen molar-refractivity contribution >= 4 is 5.91 Å². The molecular weight excluding hydrogens is 114 g/mol. The number of carbonyl (C=O) groups excluding carboxylic acids is 1. The molecule has 0 saturated heterocycles. The summed E-state index contributed by atoms with van der Waals surface area (Å²) >= 11 is 0. The molecule has 0 aliphatic carbocycles. The summed E-state index contributed by atoms with van der Waals surface area (Å²) in [7, 11) is 0. The van der Waals surface area contributed by atoms with Gasteiger partial charge in [-0.3, -0.25) is 4.79 Å². The summed E-state index contributed by atoms with van der Waals surface area (Å²) in [5, 5.41) is 2.62. The Morgan fingerprint density at radius 1 is 1.89 bits per heavy atom. The summed E-state index contributed by atoms with van der Waals surface area (Å²) in [5.41, 5.74) is 0. The van der Waals surface area contributed by atoms with Gasteiger partial charge in [0, 0.05) is 14.4 Å². The molecule has 0 saturated carbocycles. The van der Waals surface area contributed by atoms with Crippen LogP contribution in [0.5, 0.6) is 0 Å². The van der Waals surface area contributed by atoms with Crippen LogP contribution in [0.3, 0.4) is 0 Å². The van der Waals surface area contributed by atoms with Crippen molar-refractivity contribution in [1.29, 1.82) is 0 Å². The molecule has 2 nitrogen and oxygen atoms in total. The largest absolute Gasteiger partial charge is 0.353 e. The molecule has 0 aromatic heterocycles. The number of rotatable bonds is 3. The fraction of sp³-hybridized carbons (Fsp3) is 0.571. The number of carbonyl (C=O) groups is 1. The van der Waals surface area contributed by atoms with Crippen molar-refractivity contribution in [2.24, 2.45) is 0 Å². The summed E-state index contributed by atoms with van der Waals surface area (Å²) in [6.07, 6.45) is 2.21. The van der Waals surface area contributed by atoms with Crippen molar-refractivity contribution < 1.29 is 6.22 Å². The zero-order valence-corrected chi connectivity index (χ0v) is 5.11. The lowest BCUT2D eigenvalue weighted by atomic mass is 10.4. The van der Waals surface area contributed by atoms with E-state index in [1.165, 1.54) is 0 Å². The molecule has 0 bridgehead atoms. The molecule has 0 spiro atoms. The molecule has 9 heavy (non-hydrogen) atoms. The van der Waals surface area contributed by atoms with Gasteiger partial charge in [-0.15, -0.1) is 6.58 Å². The third-order valence-electron chi connectivity index (χ3n) is 0.765. The molecule has 0 unspecified atom stereocenters. The van der Waals surface area contributed by atoms with Gasteiger partial charge in [-0.2, -0.15) is 0 Å². The molecule has 56 valence electrons. The average Bonchev–Trinajstić information content (AvgIpc) is 1.83. The Morgan fingerprint density at radius 2 is 2.44 bits per heavy atom. The van der Waals surface area contributed by atoms with Crippen LogP contribution in [0.1, 0.15) is 22.2 Å². The third-order valence-corrected chi connectivity index (χ3v) is 0.765. The molecule has 0 fully saturated rings. The summed E-state index contributed by atoms with van der Waals surface area (Å²) in [5.74, 6) is 0.0740. The predicted octanol–water partition coefficient (Wildman–Crippen LogP) is 1.58. The molecule has 0 atom stereocenters. The van der Waals surface area contributed by atoms with E-state index in [9.17, 15) is 4.79 Å². The third kappa shape index (κ3) is 7.21. The van der Waals surface area contributed by atoms with E-state index in [1.807, 2.05) is 6.92 Å². The van der Waals surface area contributed by atoms with Crippen molar-refractivity contribution in [3.8, 4) is 0 Å². The molecule has 0 rings (SSSR count). The maximum absolute atomic E-state index is 10.4. The highest BCUT2D eigenvalue weighted by molar-refractivity contribution is 5.75.